The Bertz CT molecular complexity index is 756. The van der Waals surface area contributed by atoms with Crippen molar-refractivity contribution >= 4 is 15.9 Å². The third-order valence-electron chi connectivity index (χ3n) is 5.31. The second-order valence-electron chi connectivity index (χ2n) is 7.10. The van der Waals surface area contributed by atoms with Gasteiger partial charge in [0.25, 0.3) is 0 Å². The van der Waals surface area contributed by atoms with E-state index in [1.54, 1.807) is 0 Å². The van der Waals surface area contributed by atoms with E-state index in [4.69, 9.17) is 0 Å². The first-order valence-electron chi connectivity index (χ1n) is 9.13. The number of piperidine rings is 1. The summed E-state index contributed by atoms with van der Waals surface area (Å²) in [4.78, 5) is 12.1. The van der Waals surface area contributed by atoms with Gasteiger partial charge in [-0.25, -0.2) is 17.2 Å². The summed E-state index contributed by atoms with van der Waals surface area (Å²) in [6.45, 7) is 0.494. The molecule has 1 saturated carbocycles. The number of hydrogen-bond acceptors (Lipinski definition) is 3. The molecule has 1 heterocycles. The minimum absolute atomic E-state index is 0.0409. The molecule has 0 atom stereocenters. The Labute approximate surface area is 152 Å². The highest BCUT2D eigenvalue weighted by Gasteiger charge is 2.31. The lowest BCUT2D eigenvalue weighted by molar-refractivity contribution is -0.126. The first-order chi connectivity index (χ1) is 12.4. The maximum atomic E-state index is 13.4. The Balaban J connectivity index is 1.57. The summed E-state index contributed by atoms with van der Waals surface area (Å²) in [5.74, 6) is -2.10. The number of carbonyl (C=O) groups is 1. The van der Waals surface area contributed by atoms with Crippen molar-refractivity contribution in [2.75, 3.05) is 13.1 Å². The normalized spacial score (nSPS) is 20.8. The smallest absolute Gasteiger partial charge is 0.243 e. The van der Waals surface area contributed by atoms with Crippen molar-refractivity contribution < 1.29 is 22.0 Å². The van der Waals surface area contributed by atoms with E-state index >= 15 is 0 Å². The SMILES string of the molecule is O=C(NC1CCN(S(=O)(=O)c2ccc(F)c(F)c2)CC1)C1CCCCC1. The number of sulfonamides is 1. The Hall–Kier alpha value is -1.54. The summed E-state index contributed by atoms with van der Waals surface area (Å²) in [5, 5.41) is 3.05. The number of benzene rings is 1. The lowest BCUT2D eigenvalue weighted by Gasteiger charge is -2.32. The van der Waals surface area contributed by atoms with Gasteiger partial charge in [0.2, 0.25) is 15.9 Å². The van der Waals surface area contributed by atoms with Crippen LogP contribution in [0.15, 0.2) is 23.1 Å². The maximum absolute atomic E-state index is 13.4. The lowest BCUT2D eigenvalue weighted by Crippen LogP contribution is -2.48. The molecule has 0 aromatic heterocycles. The minimum atomic E-state index is -3.86. The van der Waals surface area contributed by atoms with Gasteiger partial charge in [-0.3, -0.25) is 4.79 Å². The average molecular weight is 386 g/mol. The molecule has 5 nitrogen and oxygen atoms in total. The first-order valence-corrected chi connectivity index (χ1v) is 10.6. The van der Waals surface area contributed by atoms with Crippen LogP contribution in [0.1, 0.15) is 44.9 Å². The number of amides is 1. The van der Waals surface area contributed by atoms with Crippen LogP contribution in [0.2, 0.25) is 0 Å². The zero-order valence-electron chi connectivity index (χ0n) is 14.6. The number of nitrogens with one attached hydrogen (secondary N) is 1. The van der Waals surface area contributed by atoms with E-state index in [1.165, 1.54) is 10.7 Å². The van der Waals surface area contributed by atoms with Crippen LogP contribution in [0.25, 0.3) is 0 Å². The highest BCUT2D eigenvalue weighted by Crippen LogP contribution is 2.25. The van der Waals surface area contributed by atoms with Crippen LogP contribution in [-0.2, 0) is 14.8 Å². The quantitative estimate of drug-likeness (QED) is 0.865. The van der Waals surface area contributed by atoms with Crippen molar-refractivity contribution in [3.8, 4) is 0 Å². The van der Waals surface area contributed by atoms with Crippen molar-refractivity contribution in [3.63, 3.8) is 0 Å². The number of halogens is 2. The molecule has 1 aromatic rings. The molecule has 0 bridgehead atoms. The van der Waals surface area contributed by atoms with E-state index in [2.05, 4.69) is 5.32 Å². The third kappa shape index (κ3) is 4.23. The summed E-state index contributed by atoms with van der Waals surface area (Å²) in [6, 6.07) is 2.56. The Morgan fingerprint density at radius 2 is 1.65 bits per heavy atom. The molecule has 144 valence electrons. The predicted molar refractivity (Wildman–Crippen MR) is 92.9 cm³/mol. The van der Waals surface area contributed by atoms with Gasteiger partial charge in [0, 0.05) is 25.0 Å². The summed E-state index contributed by atoms with van der Waals surface area (Å²) in [5.41, 5.74) is 0. The fourth-order valence-corrected chi connectivity index (χ4v) is 5.19. The topological polar surface area (TPSA) is 66.5 Å². The molecule has 3 rings (SSSR count). The van der Waals surface area contributed by atoms with Gasteiger partial charge in [0.1, 0.15) is 0 Å². The second kappa shape index (κ2) is 8.00. The van der Waals surface area contributed by atoms with Gasteiger partial charge in [-0.2, -0.15) is 4.31 Å². The molecule has 1 aromatic carbocycles. The highest BCUT2D eigenvalue weighted by atomic mass is 32.2. The van der Waals surface area contributed by atoms with Gasteiger partial charge >= 0.3 is 0 Å². The lowest BCUT2D eigenvalue weighted by atomic mass is 9.88. The largest absolute Gasteiger partial charge is 0.353 e. The Morgan fingerprint density at radius 1 is 1.00 bits per heavy atom. The third-order valence-corrected chi connectivity index (χ3v) is 7.20. The zero-order chi connectivity index (χ0) is 18.7. The maximum Gasteiger partial charge on any atom is 0.243 e. The molecular formula is C18H24F2N2O3S. The molecule has 0 unspecified atom stereocenters. The van der Waals surface area contributed by atoms with E-state index in [1.807, 2.05) is 0 Å². The van der Waals surface area contributed by atoms with Gasteiger partial charge in [-0.15, -0.1) is 0 Å². The molecule has 0 spiro atoms. The first kappa shape index (κ1) is 19.2. The number of nitrogens with zero attached hydrogens (tertiary/aromatic N) is 1. The summed E-state index contributed by atoms with van der Waals surface area (Å²) >= 11 is 0. The van der Waals surface area contributed by atoms with E-state index in [-0.39, 0.29) is 35.9 Å². The monoisotopic (exact) mass is 386 g/mol. The van der Waals surface area contributed by atoms with Crippen LogP contribution < -0.4 is 5.32 Å². The van der Waals surface area contributed by atoms with Crippen LogP contribution in [0.4, 0.5) is 8.78 Å². The molecule has 1 aliphatic heterocycles. The van der Waals surface area contributed by atoms with Crippen molar-refractivity contribution in [1.82, 2.24) is 9.62 Å². The van der Waals surface area contributed by atoms with Gasteiger partial charge in [-0.1, -0.05) is 19.3 Å². The van der Waals surface area contributed by atoms with Crippen molar-refractivity contribution in [2.45, 2.75) is 55.9 Å². The van der Waals surface area contributed by atoms with Crippen LogP contribution in [0, 0.1) is 17.6 Å². The van der Waals surface area contributed by atoms with Gasteiger partial charge in [0.05, 0.1) is 4.90 Å². The van der Waals surface area contributed by atoms with Gasteiger partial charge in [0.15, 0.2) is 11.6 Å². The molecule has 26 heavy (non-hydrogen) atoms. The minimum Gasteiger partial charge on any atom is -0.353 e. The summed E-state index contributed by atoms with van der Waals surface area (Å²) in [6.07, 6.45) is 6.24. The fraction of sp³-hybridized carbons (Fsp3) is 0.611. The molecule has 1 saturated heterocycles. The van der Waals surface area contributed by atoms with Crippen LogP contribution in [-0.4, -0.2) is 37.8 Å². The number of hydrogen-bond donors (Lipinski definition) is 1. The number of rotatable bonds is 4. The van der Waals surface area contributed by atoms with Crippen molar-refractivity contribution in [2.24, 2.45) is 5.92 Å². The van der Waals surface area contributed by atoms with Crippen molar-refractivity contribution in [1.29, 1.82) is 0 Å². The Morgan fingerprint density at radius 3 is 2.27 bits per heavy atom. The van der Waals surface area contributed by atoms with Crippen molar-refractivity contribution in [3.05, 3.63) is 29.8 Å². The molecule has 1 aliphatic carbocycles. The molecular weight excluding hydrogens is 362 g/mol. The predicted octanol–water partition coefficient (Wildman–Crippen LogP) is 2.81. The summed E-state index contributed by atoms with van der Waals surface area (Å²) in [7, 11) is -3.86. The molecule has 8 heteroatoms. The average Bonchev–Trinajstić information content (AvgIpc) is 2.65. The molecule has 1 N–H and O–H groups in total. The fourth-order valence-electron chi connectivity index (χ4n) is 3.71. The van der Waals surface area contributed by atoms with E-state index < -0.39 is 21.7 Å². The number of carbonyl (C=O) groups excluding carboxylic acids is 1. The summed E-state index contributed by atoms with van der Waals surface area (Å²) < 4.78 is 52.8. The zero-order valence-corrected chi connectivity index (χ0v) is 15.4. The van der Waals surface area contributed by atoms with E-state index in [0.717, 1.165) is 37.8 Å². The van der Waals surface area contributed by atoms with E-state index in [0.29, 0.717) is 18.9 Å². The standard InChI is InChI=1S/C18H24F2N2O3S/c19-16-7-6-15(12-17(16)20)26(24,25)22-10-8-14(9-11-22)21-18(23)13-4-2-1-3-5-13/h6-7,12-14H,1-5,8-11H2,(H,21,23). The van der Waals surface area contributed by atoms with E-state index in [9.17, 15) is 22.0 Å². The van der Waals surface area contributed by atoms with Crippen LogP contribution >= 0.6 is 0 Å². The molecule has 2 fully saturated rings. The Kier molecular flexibility index (Phi) is 5.92. The highest BCUT2D eigenvalue weighted by molar-refractivity contribution is 7.89. The molecule has 0 radical (unpaired) electrons. The van der Waals surface area contributed by atoms with Crippen LogP contribution in [0.5, 0.6) is 0 Å². The van der Waals surface area contributed by atoms with Crippen LogP contribution in [0.3, 0.4) is 0 Å². The van der Waals surface area contributed by atoms with Gasteiger partial charge < -0.3 is 5.32 Å². The molecule has 2 aliphatic rings. The van der Waals surface area contributed by atoms with Gasteiger partial charge in [-0.05, 0) is 43.9 Å². The molecule has 1 amide bonds. The second-order valence-corrected chi connectivity index (χ2v) is 9.04.